The maximum atomic E-state index is 4.82. The molecule has 1 aliphatic heterocycles. The highest BCUT2D eigenvalue weighted by Gasteiger charge is 2.15. The lowest BCUT2D eigenvalue weighted by Crippen LogP contribution is -2.20. The molecule has 0 amide bonds. The molecule has 66 valence electrons. The average Bonchev–Trinajstić information content (AvgIpc) is 2.48. The third-order valence-corrected chi connectivity index (χ3v) is 2.38. The lowest BCUT2D eigenvalue weighted by Gasteiger charge is -2.11. The first-order chi connectivity index (χ1) is 5.97. The Hall–Kier alpha value is -0.830. The molecule has 1 aromatic rings. The molecule has 0 spiro atoms. The standard InChI is InChI=1S/C9H14N2O/c1-2-4-8(10-6-3-1)9-5-7-12-11-9/h5,7-8,10H,1-4,6H2. The van der Waals surface area contributed by atoms with E-state index in [1.54, 1.807) is 6.26 Å². The van der Waals surface area contributed by atoms with E-state index in [1.807, 2.05) is 6.07 Å². The van der Waals surface area contributed by atoms with Crippen LogP contribution >= 0.6 is 0 Å². The van der Waals surface area contributed by atoms with Gasteiger partial charge in [-0.1, -0.05) is 18.0 Å². The van der Waals surface area contributed by atoms with Crippen molar-refractivity contribution in [3.8, 4) is 0 Å². The van der Waals surface area contributed by atoms with Crippen LogP contribution in [0.3, 0.4) is 0 Å². The zero-order valence-corrected chi connectivity index (χ0v) is 7.12. The van der Waals surface area contributed by atoms with Crippen LogP contribution in [-0.4, -0.2) is 11.7 Å². The third kappa shape index (κ3) is 1.67. The van der Waals surface area contributed by atoms with E-state index in [2.05, 4.69) is 10.5 Å². The minimum absolute atomic E-state index is 0.422. The van der Waals surface area contributed by atoms with E-state index in [9.17, 15) is 0 Å². The molecule has 0 aromatic carbocycles. The Balaban J connectivity index is 2.02. The van der Waals surface area contributed by atoms with E-state index in [1.165, 1.54) is 25.7 Å². The summed E-state index contributed by atoms with van der Waals surface area (Å²) in [5, 5.41) is 7.41. The molecule has 3 nitrogen and oxygen atoms in total. The molecule has 1 fully saturated rings. The van der Waals surface area contributed by atoms with Crippen molar-refractivity contribution in [3.63, 3.8) is 0 Å². The molecule has 1 saturated heterocycles. The summed E-state index contributed by atoms with van der Waals surface area (Å²) in [6.07, 6.45) is 6.74. The summed E-state index contributed by atoms with van der Waals surface area (Å²) < 4.78 is 4.82. The van der Waals surface area contributed by atoms with Crippen molar-refractivity contribution < 1.29 is 4.52 Å². The Morgan fingerprint density at radius 2 is 2.42 bits per heavy atom. The SMILES string of the molecule is c1cc(C2CCCCCN2)no1. The topological polar surface area (TPSA) is 38.1 Å². The number of nitrogens with zero attached hydrogens (tertiary/aromatic N) is 1. The lowest BCUT2D eigenvalue weighted by molar-refractivity contribution is 0.393. The van der Waals surface area contributed by atoms with Crippen LogP contribution in [0.4, 0.5) is 0 Å². The Morgan fingerprint density at radius 1 is 1.42 bits per heavy atom. The van der Waals surface area contributed by atoms with Gasteiger partial charge in [0.25, 0.3) is 0 Å². The number of nitrogens with one attached hydrogen (secondary N) is 1. The van der Waals surface area contributed by atoms with E-state index in [0.29, 0.717) is 6.04 Å². The third-order valence-electron chi connectivity index (χ3n) is 2.38. The number of hydrogen-bond donors (Lipinski definition) is 1. The van der Waals surface area contributed by atoms with E-state index >= 15 is 0 Å². The van der Waals surface area contributed by atoms with Gasteiger partial charge in [0, 0.05) is 6.07 Å². The van der Waals surface area contributed by atoms with Crippen LogP contribution in [0.2, 0.25) is 0 Å². The van der Waals surface area contributed by atoms with Crippen molar-refractivity contribution in [2.24, 2.45) is 0 Å². The second kappa shape index (κ2) is 3.72. The molecule has 1 atom stereocenters. The van der Waals surface area contributed by atoms with Gasteiger partial charge in [-0.15, -0.1) is 0 Å². The highest BCUT2D eigenvalue weighted by Crippen LogP contribution is 2.20. The largest absolute Gasteiger partial charge is 0.364 e. The molecule has 2 rings (SSSR count). The molecule has 12 heavy (non-hydrogen) atoms. The highest BCUT2D eigenvalue weighted by molar-refractivity contribution is 5.03. The van der Waals surface area contributed by atoms with Gasteiger partial charge in [-0.2, -0.15) is 0 Å². The van der Waals surface area contributed by atoms with E-state index in [4.69, 9.17) is 4.52 Å². The van der Waals surface area contributed by atoms with E-state index < -0.39 is 0 Å². The molecule has 2 heterocycles. The van der Waals surface area contributed by atoms with Gasteiger partial charge in [-0.3, -0.25) is 0 Å². The van der Waals surface area contributed by atoms with Crippen molar-refractivity contribution in [2.75, 3.05) is 6.54 Å². The van der Waals surface area contributed by atoms with Crippen molar-refractivity contribution in [1.82, 2.24) is 10.5 Å². The summed E-state index contributed by atoms with van der Waals surface area (Å²) in [4.78, 5) is 0. The molecule has 0 bridgehead atoms. The highest BCUT2D eigenvalue weighted by atomic mass is 16.5. The summed E-state index contributed by atoms with van der Waals surface area (Å²) in [6.45, 7) is 1.11. The number of aromatic nitrogens is 1. The molecule has 0 radical (unpaired) electrons. The lowest BCUT2D eigenvalue weighted by atomic mass is 10.1. The summed E-state index contributed by atoms with van der Waals surface area (Å²) >= 11 is 0. The summed E-state index contributed by atoms with van der Waals surface area (Å²) in [5.74, 6) is 0. The minimum atomic E-state index is 0.422. The van der Waals surface area contributed by atoms with Gasteiger partial charge in [0.2, 0.25) is 0 Å². The molecule has 1 unspecified atom stereocenters. The summed E-state index contributed by atoms with van der Waals surface area (Å²) in [5.41, 5.74) is 1.05. The van der Waals surface area contributed by atoms with Crippen LogP contribution in [0.1, 0.15) is 37.4 Å². The van der Waals surface area contributed by atoms with Gasteiger partial charge in [-0.25, -0.2) is 0 Å². The van der Waals surface area contributed by atoms with Gasteiger partial charge < -0.3 is 9.84 Å². The number of hydrogen-bond acceptors (Lipinski definition) is 3. The Morgan fingerprint density at radius 3 is 3.25 bits per heavy atom. The zero-order chi connectivity index (χ0) is 8.23. The summed E-state index contributed by atoms with van der Waals surface area (Å²) in [7, 11) is 0. The Kier molecular flexibility index (Phi) is 2.42. The van der Waals surface area contributed by atoms with Crippen LogP contribution in [0, 0.1) is 0 Å². The smallest absolute Gasteiger partial charge is 0.124 e. The fraction of sp³-hybridized carbons (Fsp3) is 0.667. The Labute approximate surface area is 72.1 Å². The maximum absolute atomic E-state index is 4.82. The first-order valence-electron chi connectivity index (χ1n) is 4.60. The van der Waals surface area contributed by atoms with Crippen molar-refractivity contribution in [1.29, 1.82) is 0 Å². The first kappa shape index (κ1) is 7.80. The van der Waals surface area contributed by atoms with E-state index in [0.717, 1.165) is 12.2 Å². The monoisotopic (exact) mass is 166 g/mol. The van der Waals surface area contributed by atoms with Crippen molar-refractivity contribution in [2.45, 2.75) is 31.7 Å². The minimum Gasteiger partial charge on any atom is -0.364 e. The average molecular weight is 166 g/mol. The Bertz CT molecular complexity index is 212. The van der Waals surface area contributed by atoms with Gasteiger partial charge in [0.15, 0.2) is 0 Å². The van der Waals surface area contributed by atoms with E-state index in [-0.39, 0.29) is 0 Å². The molecular formula is C9H14N2O. The predicted molar refractivity (Wildman–Crippen MR) is 45.7 cm³/mol. The molecule has 1 aliphatic rings. The van der Waals surface area contributed by atoms with Crippen LogP contribution in [0.15, 0.2) is 16.9 Å². The van der Waals surface area contributed by atoms with Crippen LogP contribution < -0.4 is 5.32 Å². The number of rotatable bonds is 1. The molecule has 1 N–H and O–H groups in total. The molecule has 3 heteroatoms. The van der Waals surface area contributed by atoms with Gasteiger partial charge in [0.05, 0.1) is 6.04 Å². The molecule has 1 aromatic heterocycles. The predicted octanol–water partition coefficient (Wildman–Crippen LogP) is 1.88. The quantitative estimate of drug-likeness (QED) is 0.692. The van der Waals surface area contributed by atoms with Gasteiger partial charge >= 0.3 is 0 Å². The fourth-order valence-corrected chi connectivity index (χ4v) is 1.68. The summed E-state index contributed by atoms with van der Waals surface area (Å²) in [6, 6.07) is 2.37. The maximum Gasteiger partial charge on any atom is 0.124 e. The molecular weight excluding hydrogens is 152 g/mol. The van der Waals surface area contributed by atoms with Crippen LogP contribution in [0.25, 0.3) is 0 Å². The second-order valence-electron chi connectivity index (χ2n) is 3.28. The van der Waals surface area contributed by atoms with Crippen molar-refractivity contribution in [3.05, 3.63) is 18.0 Å². The van der Waals surface area contributed by atoms with Gasteiger partial charge in [0.1, 0.15) is 12.0 Å². The van der Waals surface area contributed by atoms with Gasteiger partial charge in [-0.05, 0) is 19.4 Å². The fourth-order valence-electron chi connectivity index (χ4n) is 1.68. The van der Waals surface area contributed by atoms with Crippen LogP contribution in [-0.2, 0) is 0 Å². The zero-order valence-electron chi connectivity index (χ0n) is 7.12. The first-order valence-corrected chi connectivity index (χ1v) is 4.60. The second-order valence-corrected chi connectivity index (χ2v) is 3.28. The molecule has 0 saturated carbocycles. The van der Waals surface area contributed by atoms with Crippen LogP contribution in [0.5, 0.6) is 0 Å². The molecule has 0 aliphatic carbocycles. The normalized spacial score (nSPS) is 25.2. The van der Waals surface area contributed by atoms with Crippen molar-refractivity contribution >= 4 is 0 Å².